The zero-order valence-corrected chi connectivity index (χ0v) is 8.85. The molecule has 15 heavy (non-hydrogen) atoms. The van der Waals surface area contributed by atoms with Gasteiger partial charge in [-0.05, 0) is 44.4 Å². The Morgan fingerprint density at radius 3 is 2.40 bits per heavy atom. The summed E-state index contributed by atoms with van der Waals surface area (Å²) in [6, 6.07) is 4.08. The summed E-state index contributed by atoms with van der Waals surface area (Å²) in [6.45, 7) is 2.84. The molecule has 2 rings (SSSR count). The largest absolute Gasteiger partial charge is 0.385 e. The Labute approximate surface area is 87.7 Å². The molecule has 0 amide bonds. The van der Waals surface area contributed by atoms with Crippen molar-refractivity contribution >= 4 is 0 Å². The van der Waals surface area contributed by atoms with Crippen LogP contribution in [0.1, 0.15) is 37.8 Å². The summed E-state index contributed by atoms with van der Waals surface area (Å²) in [5.74, 6) is -0.456. The lowest BCUT2D eigenvalue weighted by Crippen LogP contribution is -2.13. The molecule has 1 saturated carbocycles. The van der Waals surface area contributed by atoms with E-state index in [4.69, 9.17) is 0 Å². The molecule has 1 aliphatic carbocycles. The first-order valence-electron chi connectivity index (χ1n) is 5.05. The Bertz CT molecular complexity index is 389. The fourth-order valence-electron chi connectivity index (χ4n) is 1.64. The smallest absolute Gasteiger partial charge is 0.130 e. The highest BCUT2D eigenvalue weighted by Crippen LogP contribution is 2.47. The first-order valence-corrected chi connectivity index (χ1v) is 5.05. The molecule has 0 saturated heterocycles. The first kappa shape index (κ1) is 10.6. The molecule has 1 fully saturated rings. The van der Waals surface area contributed by atoms with Crippen molar-refractivity contribution in [1.82, 2.24) is 0 Å². The van der Waals surface area contributed by atoms with E-state index in [0.717, 1.165) is 0 Å². The van der Waals surface area contributed by atoms with Gasteiger partial charge in [-0.3, -0.25) is 0 Å². The van der Waals surface area contributed by atoms with Crippen LogP contribution in [-0.2, 0) is 11.3 Å². The maximum atomic E-state index is 13.6. The van der Waals surface area contributed by atoms with Crippen molar-refractivity contribution in [2.75, 3.05) is 0 Å². The van der Waals surface area contributed by atoms with Gasteiger partial charge in [0.1, 0.15) is 11.5 Å². The molecule has 0 bridgehead atoms. The molecule has 1 nitrogen and oxygen atoms in total. The van der Waals surface area contributed by atoms with Gasteiger partial charge in [0.05, 0.1) is 5.60 Å². The minimum atomic E-state index is -1.51. The van der Waals surface area contributed by atoms with Crippen LogP contribution >= 0.6 is 0 Å². The number of hydrogen-bond acceptors (Lipinski definition) is 1. The van der Waals surface area contributed by atoms with Gasteiger partial charge in [-0.1, -0.05) is 6.07 Å². The van der Waals surface area contributed by atoms with Gasteiger partial charge in [0, 0.05) is 5.56 Å². The molecule has 3 heteroatoms. The van der Waals surface area contributed by atoms with Crippen LogP contribution in [0.25, 0.3) is 0 Å². The van der Waals surface area contributed by atoms with Gasteiger partial charge >= 0.3 is 0 Å². The van der Waals surface area contributed by atoms with Gasteiger partial charge < -0.3 is 5.11 Å². The fraction of sp³-hybridized carbons (Fsp3) is 0.500. The van der Waals surface area contributed by atoms with Gasteiger partial charge in [-0.15, -0.1) is 0 Å². The van der Waals surface area contributed by atoms with Crippen LogP contribution in [0.2, 0.25) is 0 Å². The molecule has 0 spiro atoms. The Hall–Kier alpha value is -0.960. The van der Waals surface area contributed by atoms with Crippen LogP contribution in [0.4, 0.5) is 8.78 Å². The molecule has 82 valence electrons. The van der Waals surface area contributed by atoms with Crippen LogP contribution in [0.5, 0.6) is 0 Å². The van der Waals surface area contributed by atoms with E-state index < -0.39 is 17.1 Å². The fourth-order valence-corrected chi connectivity index (χ4v) is 1.64. The van der Waals surface area contributed by atoms with Crippen molar-refractivity contribution in [2.45, 2.75) is 38.0 Å². The second-order valence-electron chi connectivity index (χ2n) is 4.70. The summed E-state index contributed by atoms with van der Waals surface area (Å²) in [5.41, 5.74) is -1.93. The molecule has 0 atom stereocenters. The van der Waals surface area contributed by atoms with Crippen molar-refractivity contribution in [3.63, 3.8) is 0 Å². The monoisotopic (exact) mass is 212 g/mol. The number of alkyl halides is 1. The molecule has 0 aromatic heterocycles. The van der Waals surface area contributed by atoms with Crippen molar-refractivity contribution in [3.8, 4) is 0 Å². The van der Waals surface area contributed by atoms with Gasteiger partial charge in [0.25, 0.3) is 0 Å². The van der Waals surface area contributed by atoms with E-state index in [1.54, 1.807) is 0 Å². The second kappa shape index (κ2) is 3.01. The highest BCUT2D eigenvalue weighted by atomic mass is 19.1. The average molecular weight is 212 g/mol. The minimum Gasteiger partial charge on any atom is -0.385 e. The van der Waals surface area contributed by atoms with Crippen molar-refractivity contribution in [3.05, 3.63) is 35.1 Å². The molecule has 0 unspecified atom stereocenters. The Kier molecular flexibility index (Phi) is 2.12. The van der Waals surface area contributed by atoms with Crippen LogP contribution < -0.4 is 0 Å². The van der Waals surface area contributed by atoms with Gasteiger partial charge in [-0.2, -0.15) is 0 Å². The molecule has 1 aromatic rings. The van der Waals surface area contributed by atoms with E-state index in [2.05, 4.69) is 0 Å². The third-order valence-corrected chi connectivity index (χ3v) is 2.88. The molecule has 1 N–H and O–H groups in total. The van der Waals surface area contributed by atoms with Gasteiger partial charge in [-0.25, -0.2) is 8.78 Å². The van der Waals surface area contributed by atoms with E-state index in [1.807, 2.05) is 0 Å². The standard InChI is InChI=1S/C12H14F2O/c1-11(2,14)8-3-4-10(13)9(7-8)12(15)5-6-12/h3-4,7,15H,5-6H2,1-2H3. The molecule has 0 heterocycles. The summed E-state index contributed by atoms with van der Waals surface area (Å²) in [7, 11) is 0. The van der Waals surface area contributed by atoms with Crippen molar-refractivity contribution < 1.29 is 13.9 Å². The summed E-state index contributed by atoms with van der Waals surface area (Å²) in [4.78, 5) is 0. The molecule has 0 radical (unpaired) electrons. The lowest BCUT2D eigenvalue weighted by atomic mass is 9.95. The van der Waals surface area contributed by atoms with Gasteiger partial charge in [0.2, 0.25) is 0 Å². The predicted molar refractivity (Wildman–Crippen MR) is 53.7 cm³/mol. The van der Waals surface area contributed by atoms with E-state index >= 15 is 0 Å². The number of benzene rings is 1. The SMILES string of the molecule is CC(C)(F)c1ccc(F)c(C2(O)CC2)c1. The van der Waals surface area contributed by atoms with Crippen LogP contribution in [0.15, 0.2) is 18.2 Å². The Morgan fingerprint density at radius 2 is 1.93 bits per heavy atom. The van der Waals surface area contributed by atoms with Crippen molar-refractivity contribution in [2.24, 2.45) is 0 Å². The van der Waals surface area contributed by atoms with E-state index in [-0.39, 0.29) is 5.56 Å². The molecular formula is C12H14F2O. The lowest BCUT2D eigenvalue weighted by molar-refractivity contribution is 0.146. The summed E-state index contributed by atoms with van der Waals surface area (Å²) in [6.07, 6.45) is 1.11. The Balaban J connectivity index is 2.47. The zero-order chi connectivity index (χ0) is 11.3. The maximum absolute atomic E-state index is 13.6. The minimum absolute atomic E-state index is 0.228. The quantitative estimate of drug-likeness (QED) is 0.799. The topological polar surface area (TPSA) is 20.2 Å². The highest BCUT2D eigenvalue weighted by molar-refractivity contribution is 5.35. The number of rotatable bonds is 2. The van der Waals surface area contributed by atoms with Gasteiger partial charge in [0.15, 0.2) is 0 Å². The second-order valence-corrected chi connectivity index (χ2v) is 4.70. The third kappa shape index (κ3) is 1.88. The number of halogens is 2. The van der Waals surface area contributed by atoms with E-state index in [0.29, 0.717) is 18.4 Å². The molecule has 0 aliphatic heterocycles. The third-order valence-electron chi connectivity index (χ3n) is 2.88. The highest BCUT2D eigenvalue weighted by Gasteiger charge is 2.44. The average Bonchev–Trinajstić information content (AvgIpc) is 2.83. The van der Waals surface area contributed by atoms with Crippen LogP contribution in [0.3, 0.4) is 0 Å². The van der Waals surface area contributed by atoms with Crippen LogP contribution in [-0.4, -0.2) is 5.11 Å². The summed E-state index contributed by atoms with van der Waals surface area (Å²) in [5, 5.41) is 9.81. The predicted octanol–water partition coefficient (Wildman–Crippen LogP) is 3.01. The summed E-state index contributed by atoms with van der Waals surface area (Å²) >= 11 is 0. The number of hydrogen-bond donors (Lipinski definition) is 1. The van der Waals surface area contributed by atoms with E-state index in [1.165, 1.54) is 32.0 Å². The van der Waals surface area contributed by atoms with Crippen molar-refractivity contribution in [1.29, 1.82) is 0 Å². The Morgan fingerprint density at radius 1 is 1.33 bits per heavy atom. The molecule has 1 aromatic carbocycles. The zero-order valence-electron chi connectivity index (χ0n) is 8.85. The van der Waals surface area contributed by atoms with E-state index in [9.17, 15) is 13.9 Å². The number of aliphatic hydroxyl groups is 1. The van der Waals surface area contributed by atoms with Crippen LogP contribution in [0, 0.1) is 5.82 Å². The first-order chi connectivity index (χ1) is 6.83. The molecular weight excluding hydrogens is 198 g/mol. The summed E-state index contributed by atoms with van der Waals surface area (Å²) < 4.78 is 27.0. The maximum Gasteiger partial charge on any atom is 0.130 e. The molecule has 1 aliphatic rings. The lowest BCUT2D eigenvalue weighted by Gasteiger charge is -2.18. The normalized spacial score (nSPS) is 19.0.